The molecule has 3 heterocycles. The van der Waals surface area contributed by atoms with Gasteiger partial charge in [-0.2, -0.15) is 0 Å². The highest BCUT2D eigenvalue weighted by Gasteiger charge is 2.26. The zero-order chi connectivity index (χ0) is 23.6. The van der Waals surface area contributed by atoms with E-state index in [-0.39, 0.29) is 17.7 Å². The molecule has 0 aliphatic carbocycles. The van der Waals surface area contributed by atoms with E-state index in [2.05, 4.69) is 48.1 Å². The Morgan fingerprint density at radius 2 is 1.70 bits per heavy atom. The highest BCUT2D eigenvalue weighted by molar-refractivity contribution is 14.1. The lowest BCUT2D eigenvalue weighted by molar-refractivity contribution is -0.120. The van der Waals surface area contributed by atoms with Crippen LogP contribution in [0.1, 0.15) is 23.2 Å². The number of amides is 2. The molecule has 2 N–H and O–H groups in total. The molecule has 0 unspecified atom stereocenters. The number of benzene rings is 1. The first kappa shape index (κ1) is 24.9. The number of halogens is 2. The minimum absolute atomic E-state index is 0.0701. The van der Waals surface area contributed by atoms with E-state index in [0.29, 0.717) is 22.1 Å². The summed E-state index contributed by atoms with van der Waals surface area (Å²) in [7, 11) is 0. The predicted octanol–water partition coefficient (Wildman–Crippen LogP) is 5.29. The molecular formula is C24H25ClIN5O2. The molecule has 1 aliphatic heterocycles. The summed E-state index contributed by atoms with van der Waals surface area (Å²) in [5.41, 5.74) is 1.98. The summed E-state index contributed by atoms with van der Waals surface area (Å²) in [6, 6.07) is 14.2. The van der Waals surface area contributed by atoms with Gasteiger partial charge in [-0.05, 0) is 54.2 Å². The van der Waals surface area contributed by atoms with Crippen LogP contribution < -0.4 is 15.5 Å². The zero-order valence-corrected chi connectivity index (χ0v) is 21.1. The molecule has 2 aromatic heterocycles. The van der Waals surface area contributed by atoms with Crippen LogP contribution in [0.5, 0.6) is 0 Å². The lowest BCUT2D eigenvalue weighted by Gasteiger charge is -2.33. The Balaban J connectivity index is 0.00000149. The fraction of sp³-hybridized carbons (Fsp3) is 0.250. The third kappa shape index (κ3) is 6.88. The number of nitrogens with zero attached hydrogens (tertiary/aromatic N) is 3. The molecule has 2 amide bonds. The van der Waals surface area contributed by atoms with Gasteiger partial charge in [0, 0.05) is 43.3 Å². The molecule has 33 heavy (non-hydrogen) atoms. The van der Waals surface area contributed by atoms with Crippen LogP contribution in [0.15, 0.2) is 67.1 Å². The quantitative estimate of drug-likeness (QED) is 0.318. The average Bonchev–Trinajstić information content (AvgIpc) is 2.87. The van der Waals surface area contributed by atoms with Gasteiger partial charge in [-0.25, -0.2) is 4.98 Å². The van der Waals surface area contributed by atoms with Crippen LogP contribution >= 0.6 is 34.2 Å². The first-order valence-electron chi connectivity index (χ1n) is 10.5. The maximum Gasteiger partial charge on any atom is 0.258 e. The van der Waals surface area contributed by atoms with Crippen LogP contribution in [-0.2, 0) is 4.79 Å². The third-order valence-electron chi connectivity index (χ3n) is 5.29. The molecule has 0 bridgehead atoms. The maximum atomic E-state index is 12.9. The van der Waals surface area contributed by atoms with Crippen molar-refractivity contribution in [3.63, 3.8) is 0 Å². The van der Waals surface area contributed by atoms with Crippen LogP contribution in [0.25, 0.3) is 0 Å². The molecule has 172 valence electrons. The second-order valence-corrected chi connectivity index (χ2v) is 7.75. The average molecular weight is 578 g/mol. The molecule has 4 rings (SSSR count). The van der Waals surface area contributed by atoms with Crippen LogP contribution in [-0.4, -0.2) is 39.8 Å². The topological polar surface area (TPSA) is 87.2 Å². The highest BCUT2D eigenvalue weighted by atomic mass is 127. The van der Waals surface area contributed by atoms with Crippen molar-refractivity contribution in [3.8, 4) is 0 Å². The Kier molecular flexibility index (Phi) is 9.44. The fourth-order valence-electron chi connectivity index (χ4n) is 3.61. The van der Waals surface area contributed by atoms with Gasteiger partial charge in [-0.1, -0.05) is 46.3 Å². The number of nitrogens with one attached hydrogen (secondary N) is 2. The van der Waals surface area contributed by atoms with Gasteiger partial charge in [-0.15, -0.1) is 0 Å². The molecule has 0 saturated carbocycles. The van der Waals surface area contributed by atoms with Gasteiger partial charge < -0.3 is 15.5 Å². The second-order valence-electron chi connectivity index (χ2n) is 7.32. The number of aromatic nitrogens is 2. The molecule has 0 spiro atoms. The van der Waals surface area contributed by atoms with Crippen molar-refractivity contribution in [3.05, 3.63) is 77.7 Å². The van der Waals surface area contributed by atoms with E-state index in [9.17, 15) is 9.59 Å². The van der Waals surface area contributed by atoms with Crippen molar-refractivity contribution >= 4 is 63.2 Å². The third-order valence-corrected chi connectivity index (χ3v) is 5.52. The summed E-state index contributed by atoms with van der Waals surface area (Å²) in [6.07, 6.45) is 6.50. The molecule has 9 heteroatoms. The smallest absolute Gasteiger partial charge is 0.258 e. The monoisotopic (exact) mass is 577 g/mol. The number of anilines is 3. The summed E-state index contributed by atoms with van der Waals surface area (Å²) in [5, 5.41) is 6.16. The number of alkyl halides is 1. The predicted molar refractivity (Wildman–Crippen MR) is 141 cm³/mol. The van der Waals surface area contributed by atoms with Gasteiger partial charge in [0.1, 0.15) is 5.82 Å². The van der Waals surface area contributed by atoms with Crippen LogP contribution in [0, 0.1) is 5.92 Å². The minimum atomic E-state index is -0.349. The number of rotatable bonds is 5. The Hall–Kier alpha value is -2.72. The minimum Gasteiger partial charge on any atom is -0.371 e. The second kappa shape index (κ2) is 12.5. The molecule has 0 radical (unpaired) electrons. The van der Waals surface area contributed by atoms with Crippen LogP contribution in [0.3, 0.4) is 0 Å². The van der Waals surface area contributed by atoms with E-state index in [1.165, 1.54) is 6.20 Å². The van der Waals surface area contributed by atoms with Crippen LogP contribution in [0.4, 0.5) is 17.2 Å². The number of hydrogen-bond donors (Lipinski definition) is 2. The van der Waals surface area contributed by atoms with Gasteiger partial charge in [0.05, 0.1) is 16.3 Å². The Labute approximate surface area is 212 Å². The SMILES string of the molecule is CI.O=C(Nc1ccc(Cl)cn1)c1ccccc1NC(=O)C1CCN(c2ccncc2)CC1. The summed E-state index contributed by atoms with van der Waals surface area (Å²) in [6.45, 7) is 1.60. The molecular weight excluding hydrogens is 553 g/mol. The van der Waals surface area contributed by atoms with E-state index in [0.717, 1.165) is 31.6 Å². The van der Waals surface area contributed by atoms with E-state index in [1.807, 2.05) is 17.1 Å². The van der Waals surface area contributed by atoms with E-state index in [4.69, 9.17) is 11.6 Å². The standard InChI is InChI=1S/C23H22ClN5O2.CH3I/c24-17-5-6-21(26-15-17)28-23(31)19-3-1-2-4-20(19)27-22(30)16-9-13-29(14-10-16)18-7-11-25-12-8-18;1-2/h1-8,11-12,15-16H,9-10,13-14H2,(H,27,30)(H,26,28,31);1H3. The number of piperidine rings is 1. The van der Waals surface area contributed by atoms with E-state index in [1.54, 1.807) is 48.8 Å². The van der Waals surface area contributed by atoms with Gasteiger partial charge >= 0.3 is 0 Å². The normalized spacial score (nSPS) is 13.5. The number of hydrogen-bond acceptors (Lipinski definition) is 5. The van der Waals surface area contributed by atoms with Gasteiger partial charge in [0.15, 0.2) is 0 Å². The fourth-order valence-corrected chi connectivity index (χ4v) is 3.72. The molecule has 3 aromatic rings. The summed E-state index contributed by atoms with van der Waals surface area (Å²) >= 11 is 7.99. The molecule has 7 nitrogen and oxygen atoms in total. The molecule has 1 fully saturated rings. The van der Waals surface area contributed by atoms with Crippen molar-refractivity contribution < 1.29 is 9.59 Å². The number of pyridine rings is 2. The van der Waals surface area contributed by atoms with Gasteiger partial charge in [0.25, 0.3) is 5.91 Å². The van der Waals surface area contributed by atoms with E-state index >= 15 is 0 Å². The summed E-state index contributed by atoms with van der Waals surface area (Å²) < 4.78 is 0. The number of carbonyl (C=O) groups is 2. The highest BCUT2D eigenvalue weighted by Crippen LogP contribution is 2.25. The van der Waals surface area contributed by atoms with Crippen molar-refractivity contribution in [2.24, 2.45) is 5.92 Å². The first-order valence-corrected chi connectivity index (χ1v) is 13.0. The zero-order valence-electron chi connectivity index (χ0n) is 18.2. The lowest BCUT2D eigenvalue weighted by Crippen LogP contribution is -2.38. The largest absolute Gasteiger partial charge is 0.371 e. The first-order chi connectivity index (χ1) is 16.1. The Morgan fingerprint density at radius 1 is 1.00 bits per heavy atom. The molecule has 1 aliphatic rings. The molecule has 1 saturated heterocycles. The summed E-state index contributed by atoms with van der Waals surface area (Å²) in [4.78, 5) is 38.0. The van der Waals surface area contributed by atoms with Gasteiger partial charge in [0.2, 0.25) is 5.91 Å². The van der Waals surface area contributed by atoms with Crippen molar-refractivity contribution in [1.29, 1.82) is 0 Å². The Morgan fingerprint density at radius 3 is 2.36 bits per heavy atom. The van der Waals surface area contributed by atoms with Crippen LogP contribution in [0.2, 0.25) is 5.02 Å². The van der Waals surface area contributed by atoms with Crippen molar-refractivity contribution in [1.82, 2.24) is 9.97 Å². The number of carbonyl (C=O) groups excluding carboxylic acids is 2. The molecule has 0 atom stereocenters. The number of para-hydroxylation sites is 1. The molecule has 1 aromatic carbocycles. The maximum absolute atomic E-state index is 12.9. The Bertz CT molecular complexity index is 1060. The van der Waals surface area contributed by atoms with E-state index < -0.39 is 0 Å². The van der Waals surface area contributed by atoms with Crippen molar-refractivity contribution in [2.45, 2.75) is 12.8 Å². The lowest BCUT2D eigenvalue weighted by atomic mass is 9.95. The summed E-state index contributed by atoms with van der Waals surface area (Å²) in [5.74, 6) is -0.136. The van der Waals surface area contributed by atoms with Crippen molar-refractivity contribution in [2.75, 3.05) is 33.6 Å². The van der Waals surface area contributed by atoms with Gasteiger partial charge in [-0.3, -0.25) is 14.6 Å².